The van der Waals surface area contributed by atoms with Crippen LogP contribution in [0.1, 0.15) is 24.2 Å². The fraction of sp³-hybridized carbons (Fsp3) is 0.176. The molecule has 22 heavy (non-hydrogen) atoms. The van der Waals surface area contributed by atoms with Gasteiger partial charge in [-0.25, -0.2) is 4.52 Å². The summed E-state index contributed by atoms with van der Waals surface area (Å²) < 4.78 is 1.74. The fourth-order valence-electron chi connectivity index (χ4n) is 2.29. The van der Waals surface area contributed by atoms with Crippen molar-refractivity contribution >= 4 is 17.1 Å². The van der Waals surface area contributed by atoms with Crippen LogP contribution >= 0.6 is 0 Å². The third kappa shape index (κ3) is 2.79. The van der Waals surface area contributed by atoms with Crippen LogP contribution < -0.4 is 11.1 Å². The highest BCUT2D eigenvalue weighted by molar-refractivity contribution is 6.02. The van der Waals surface area contributed by atoms with Gasteiger partial charge in [0, 0.05) is 18.8 Å². The molecule has 0 saturated heterocycles. The van der Waals surface area contributed by atoms with Crippen LogP contribution in [0.4, 0.5) is 5.69 Å². The van der Waals surface area contributed by atoms with Crippen LogP contribution in [-0.2, 0) is 0 Å². The van der Waals surface area contributed by atoms with Gasteiger partial charge in [-0.2, -0.15) is 5.10 Å². The largest absolute Gasteiger partial charge is 0.386 e. The summed E-state index contributed by atoms with van der Waals surface area (Å²) in [4.78, 5) is 11.4. The monoisotopic (exact) mass is 296 g/mol. The van der Waals surface area contributed by atoms with E-state index in [-0.39, 0.29) is 0 Å². The average molecular weight is 296 g/mol. The summed E-state index contributed by atoms with van der Waals surface area (Å²) in [6.45, 7) is 4.00. The number of fused-ring (bicyclic) bond motifs is 1. The lowest BCUT2D eigenvalue weighted by molar-refractivity contribution is 0.100. The second kappa shape index (κ2) is 6.76. The lowest BCUT2D eigenvalue weighted by Gasteiger charge is -2.07. The SMILES string of the molecule is CC.CNc1c(C(N)=O)cnn2cc(-c3ccccc3)cc12. The van der Waals surface area contributed by atoms with E-state index in [4.69, 9.17) is 5.73 Å². The number of nitrogens with one attached hydrogen (secondary N) is 1. The van der Waals surface area contributed by atoms with Crippen LogP contribution in [0.25, 0.3) is 16.6 Å². The molecule has 0 aliphatic carbocycles. The molecular formula is C17H20N4O. The standard InChI is InChI=1S/C15H14N4O.C2H6/c1-17-14-12(15(16)20)8-18-19-9-11(7-13(14)19)10-5-3-2-4-6-10;1-2/h2-9,17H,1H3,(H2,16,20);1-2H3. The number of nitrogens with zero attached hydrogens (tertiary/aromatic N) is 2. The van der Waals surface area contributed by atoms with Crippen molar-refractivity contribution in [3.05, 3.63) is 54.4 Å². The Hall–Kier alpha value is -2.82. The maximum absolute atomic E-state index is 11.4. The molecule has 3 N–H and O–H groups in total. The van der Waals surface area contributed by atoms with Crippen molar-refractivity contribution in [1.82, 2.24) is 9.61 Å². The van der Waals surface area contributed by atoms with Gasteiger partial charge in [0.2, 0.25) is 0 Å². The van der Waals surface area contributed by atoms with Gasteiger partial charge >= 0.3 is 0 Å². The van der Waals surface area contributed by atoms with Gasteiger partial charge in [-0.05, 0) is 11.6 Å². The minimum absolute atomic E-state index is 0.387. The predicted molar refractivity (Wildman–Crippen MR) is 90.0 cm³/mol. The van der Waals surface area contributed by atoms with Crippen molar-refractivity contribution in [2.24, 2.45) is 5.73 Å². The quantitative estimate of drug-likeness (QED) is 0.779. The van der Waals surface area contributed by atoms with Crippen LogP contribution in [0.3, 0.4) is 0 Å². The number of carbonyl (C=O) groups is 1. The van der Waals surface area contributed by atoms with Gasteiger partial charge < -0.3 is 11.1 Å². The van der Waals surface area contributed by atoms with Crippen LogP contribution in [0.2, 0.25) is 0 Å². The first-order valence-electron chi connectivity index (χ1n) is 7.25. The normalized spacial score (nSPS) is 9.95. The van der Waals surface area contributed by atoms with E-state index in [2.05, 4.69) is 10.4 Å². The summed E-state index contributed by atoms with van der Waals surface area (Å²) in [5, 5.41) is 7.26. The van der Waals surface area contributed by atoms with Gasteiger partial charge in [-0.15, -0.1) is 0 Å². The Balaban J connectivity index is 0.000000847. The number of anilines is 1. The molecule has 0 bridgehead atoms. The zero-order chi connectivity index (χ0) is 16.1. The van der Waals surface area contributed by atoms with E-state index in [0.717, 1.165) is 16.6 Å². The van der Waals surface area contributed by atoms with E-state index in [0.29, 0.717) is 11.3 Å². The van der Waals surface area contributed by atoms with Gasteiger partial charge in [0.1, 0.15) is 0 Å². The molecule has 0 radical (unpaired) electrons. The molecule has 0 unspecified atom stereocenters. The van der Waals surface area contributed by atoms with Gasteiger partial charge in [0.05, 0.1) is 23.0 Å². The first-order valence-corrected chi connectivity index (χ1v) is 7.25. The summed E-state index contributed by atoms with van der Waals surface area (Å²) in [6, 6.07) is 12.0. The Kier molecular flexibility index (Phi) is 4.78. The van der Waals surface area contributed by atoms with Crippen molar-refractivity contribution in [3.8, 4) is 11.1 Å². The minimum atomic E-state index is -0.494. The third-order valence-electron chi connectivity index (χ3n) is 3.26. The molecule has 3 aromatic rings. The van der Waals surface area contributed by atoms with Gasteiger partial charge in [-0.1, -0.05) is 44.2 Å². The first-order chi connectivity index (χ1) is 10.7. The Morgan fingerprint density at radius 3 is 2.45 bits per heavy atom. The summed E-state index contributed by atoms with van der Waals surface area (Å²) in [5.41, 5.74) is 9.41. The Bertz CT molecular complexity index is 778. The number of primary amides is 1. The number of aromatic nitrogens is 2. The Morgan fingerprint density at radius 2 is 1.86 bits per heavy atom. The molecule has 1 aromatic carbocycles. The van der Waals surface area contributed by atoms with E-state index in [9.17, 15) is 4.79 Å². The highest BCUT2D eigenvalue weighted by Crippen LogP contribution is 2.27. The number of rotatable bonds is 3. The van der Waals surface area contributed by atoms with E-state index in [1.54, 1.807) is 11.6 Å². The number of benzene rings is 1. The average Bonchev–Trinajstić information content (AvgIpc) is 3.00. The maximum Gasteiger partial charge on any atom is 0.252 e. The number of amides is 1. The van der Waals surface area contributed by atoms with Gasteiger partial charge in [-0.3, -0.25) is 4.79 Å². The van der Waals surface area contributed by atoms with Crippen molar-refractivity contribution in [1.29, 1.82) is 0 Å². The molecule has 5 nitrogen and oxygen atoms in total. The van der Waals surface area contributed by atoms with E-state index in [1.165, 1.54) is 6.20 Å². The van der Waals surface area contributed by atoms with Crippen LogP contribution in [0.5, 0.6) is 0 Å². The first kappa shape index (κ1) is 15.6. The molecule has 2 heterocycles. The van der Waals surface area contributed by atoms with Crippen molar-refractivity contribution in [3.63, 3.8) is 0 Å². The highest BCUT2D eigenvalue weighted by Gasteiger charge is 2.13. The molecule has 0 spiro atoms. The molecule has 0 aliphatic rings. The maximum atomic E-state index is 11.4. The van der Waals surface area contributed by atoms with Gasteiger partial charge in [0.25, 0.3) is 5.91 Å². The number of hydrogen-bond donors (Lipinski definition) is 2. The lowest BCUT2D eigenvalue weighted by atomic mass is 10.1. The fourth-order valence-corrected chi connectivity index (χ4v) is 2.29. The van der Waals surface area contributed by atoms with Gasteiger partial charge in [0.15, 0.2) is 0 Å². The van der Waals surface area contributed by atoms with Crippen LogP contribution in [0, 0.1) is 0 Å². The molecule has 3 rings (SSSR count). The topological polar surface area (TPSA) is 72.4 Å². The van der Waals surface area contributed by atoms with E-state index >= 15 is 0 Å². The van der Waals surface area contributed by atoms with Crippen molar-refractivity contribution < 1.29 is 4.79 Å². The van der Waals surface area contributed by atoms with Crippen LogP contribution in [-0.4, -0.2) is 22.6 Å². The number of nitrogens with two attached hydrogens (primary N) is 1. The number of hydrogen-bond acceptors (Lipinski definition) is 3. The van der Waals surface area contributed by atoms with Crippen molar-refractivity contribution in [2.45, 2.75) is 13.8 Å². The predicted octanol–water partition coefficient (Wildman–Crippen LogP) is 3.17. The minimum Gasteiger partial charge on any atom is -0.386 e. The smallest absolute Gasteiger partial charge is 0.252 e. The number of carbonyl (C=O) groups excluding carboxylic acids is 1. The zero-order valence-electron chi connectivity index (χ0n) is 13.0. The summed E-state index contributed by atoms with van der Waals surface area (Å²) in [5.74, 6) is -0.494. The summed E-state index contributed by atoms with van der Waals surface area (Å²) in [6.07, 6.45) is 3.41. The lowest BCUT2D eigenvalue weighted by Crippen LogP contribution is -2.15. The van der Waals surface area contributed by atoms with Crippen LogP contribution in [0.15, 0.2) is 48.8 Å². The molecule has 5 heteroatoms. The Labute approximate surface area is 129 Å². The van der Waals surface area contributed by atoms with E-state index < -0.39 is 5.91 Å². The molecule has 2 aromatic heterocycles. The second-order valence-corrected chi connectivity index (χ2v) is 4.47. The second-order valence-electron chi connectivity index (χ2n) is 4.47. The van der Waals surface area contributed by atoms with Crippen molar-refractivity contribution in [2.75, 3.05) is 12.4 Å². The Morgan fingerprint density at radius 1 is 1.18 bits per heavy atom. The highest BCUT2D eigenvalue weighted by atomic mass is 16.1. The molecule has 1 amide bonds. The molecule has 0 fully saturated rings. The molecular weight excluding hydrogens is 276 g/mol. The molecule has 114 valence electrons. The van der Waals surface area contributed by atoms with E-state index in [1.807, 2.05) is 56.4 Å². The zero-order valence-corrected chi connectivity index (χ0v) is 13.0. The molecule has 0 saturated carbocycles. The molecule has 0 aliphatic heterocycles. The summed E-state index contributed by atoms with van der Waals surface area (Å²) in [7, 11) is 1.76. The molecule has 0 atom stereocenters. The summed E-state index contributed by atoms with van der Waals surface area (Å²) >= 11 is 0. The third-order valence-corrected chi connectivity index (χ3v) is 3.26.